The van der Waals surface area contributed by atoms with Crippen LogP contribution in [-0.4, -0.2) is 25.0 Å². The van der Waals surface area contributed by atoms with Gasteiger partial charge in [-0.2, -0.15) is 0 Å². The second-order valence-electron chi connectivity index (χ2n) is 7.09. The smallest absolute Gasteiger partial charge is 0.224 e. The highest BCUT2D eigenvalue weighted by atomic mass is 16.2. The molecule has 18 heavy (non-hydrogen) atoms. The Balaban J connectivity index is 2.52. The molecule has 1 amide bonds. The SMILES string of the molecule is CC(C)CCC(NC(=O)C1CCNC1)C(C)(C)C. The molecule has 0 spiro atoms. The lowest BCUT2D eigenvalue weighted by Gasteiger charge is -2.33. The summed E-state index contributed by atoms with van der Waals surface area (Å²) in [6.45, 7) is 12.9. The first-order chi connectivity index (χ1) is 8.30. The maximum absolute atomic E-state index is 12.2. The Labute approximate surface area is 112 Å². The topological polar surface area (TPSA) is 41.1 Å². The Hall–Kier alpha value is -0.570. The second-order valence-corrected chi connectivity index (χ2v) is 7.09. The molecule has 0 aromatic heterocycles. The summed E-state index contributed by atoms with van der Waals surface area (Å²) in [5.41, 5.74) is 0.135. The molecule has 1 heterocycles. The fourth-order valence-electron chi connectivity index (χ4n) is 2.39. The summed E-state index contributed by atoms with van der Waals surface area (Å²) in [4.78, 5) is 12.2. The average molecular weight is 254 g/mol. The first-order valence-corrected chi connectivity index (χ1v) is 7.31. The van der Waals surface area contributed by atoms with Crippen LogP contribution in [0.25, 0.3) is 0 Å². The van der Waals surface area contributed by atoms with Crippen LogP contribution in [0.1, 0.15) is 53.9 Å². The summed E-state index contributed by atoms with van der Waals surface area (Å²) in [5.74, 6) is 1.11. The van der Waals surface area contributed by atoms with Crippen molar-refractivity contribution in [1.82, 2.24) is 10.6 Å². The minimum atomic E-state index is 0.135. The molecule has 1 aliphatic rings. The van der Waals surface area contributed by atoms with Gasteiger partial charge in [-0.15, -0.1) is 0 Å². The number of amides is 1. The molecule has 0 radical (unpaired) electrons. The fraction of sp³-hybridized carbons (Fsp3) is 0.933. The van der Waals surface area contributed by atoms with Crippen LogP contribution < -0.4 is 10.6 Å². The van der Waals surface area contributed by atoms with E-state index >= 15 is 0 Å². The molecule has 1 aliphatic heterocycles. The third-order valence-electron chi connectivity index (χ3n) is 3.83. The molecule has 1 fully saturated rings. The molecule has 1 saturated heterocycles. The van der Waals surface area contributed by atoms with Crippen LogP contribution in [0.2, 0.25) is 0 Å². The molecule has 1 rings (SSSR count). The zero-order valence-electron chi connectivity index (χ0n) is 12.7. The van der Waals surface area contributed by atoms with Gasteiger partial charge in [0.25, 0.3) is 0 Å². The van der Waals surface area contributed by atoms with Crippen LogP contribution >= 0.6 is 0 Å². The Morgan fingerprint density at radius 1 is 1.33 bits per heavy atom. The van der Waals surface area contributed by atoms with Crippen LogP contribution in [0.5, 0.6) is 0 Å². The molecule has 0 aromatic rings. The number of hydrogen-bond donors (Lipinski definition) is 2. The van der Waals surface area contributed by atoms with Gasteiger partial charge in [0.2, 0.25) is 5.91 Å². The normalized spacial score (nSPS) is 22.2. The van der Waals surface area contributed by atoms with E-state index in [1.165, 1.54) is 6.42 Å². The van der Waals surface area contributed by atoms with Gasteiger partial charge in [-0.25, -0.2) is 0 Å². The van der Waals surface area contributed by atoms with E-state index in [1.54, 1.807) is 0 Å². The van der Waals surface area contributed by atoms with E-state index in [1.807, 2.05) is 0 Å². The number of carbonyl (C=O) groups excluding carboxylic acids is 1. The van der Waals surface area contributed by atoms with Crippen molar-refractivity contribution in [2.75, 3.05) is 13.1 Å². The van der Waals surface area contributed by atoms with Gasteiger partial charge in [0.1, 0.15) is 0 Å². The third kappa shape index (κ3) is 4.97. The van der Waals surface area contributed by atoms with Gasteiger partial charge in [0.05, 0.1) is 5.92 Å². The van der Waals surface area contributed by atoms with Gasteiger partial charge < -0.3 is 10.6 Å². The summed E-state index contributed by atoms with van der Waals surface area (Å²) in [6, 6.07) is 0.285. The van der Waals surface area contributed by atoms with Gasteiger partial charge in [-0.05, 0) is 37.1 Å². The van der Waals surface area contributed by atoms with E-state index in [2.05, 4.69) is 45.3 Å². The number of hydrogen-bond acceptors (Lipinski definition) is 2. The zero-order chi connectivity index (χ0) is 13.8. The predicted molar refractivity (Wildman–Crippen MR) is 76.4 cm³/mol. The molecule has 0 saturated carbocycles. The van der Waals surface area contributed by atoms with Crippen molar-refractivity contribution in [3.05, 3.63) is 0 Å². The van der Waals surface area contributed by atoms with Gasteiger partial charge in [0.15, 0.2) is 0 Å². The molecule has 2 atom stereocenters. The average Bonchev–Trinajstić information content (AvgIpc) is 2.74. The van der Waals surface area contributed by atoms with Crippen LogP contribution in [0.15, 0.2) is 0 Å². The minimum absolute atomic E-state index is 0.135. The second kappa shape index (κ2) is 6.55. The van der Waals surface area contributed by atoms with Crippen LogP contribution in [-0.2, 0) is 4.79 Å². The molecule has 0 aromatic carbocycles. The van der Waals surface area contributed by atoms with Gasteiger partial charge in [0, 0.05) is 12.6 Å². The molecular formula is C15H30N2O. The monoisotopic (exact) mass is 254 g/mol. The Kier molecular flexibility index (Phi) is 5.64. The van der Waals surface area contributed by atoms with Gasteiger partial charge >= 0.3 is 0 Å². The molecular weight excluding hydrogens is 224 g/mol. The van der Waals surface area contributed by atoms with E-state index in [-0.39, 0.29) is 23.3 Å². The van der Waals surface area contributed by atoms with Crippen LogP contribution in [0.4, 0.5) is 0 Å². The molecule has 3 heteroatoms. The van der Waals surface area contributed by atoms with Crippen molar-refractivity contribution in [2.45, 2.75) is 59.9 Å². The molecule has 2 N–H and O–H groups in total. The number of carbonyl (C=O) groups is 1. The van der Waals surface area contributed by atoms with Crippen LogP contribution in [0.3, 0.4) is 0 Å². The molecule has 0 aliphatic carbocycles. The highest BCUT2D eigenvalue weighted by Crippen LogP contribution is 2.25. The van der Waals surface area contributed by atoms with Crippen molar-refractivity contribution in [1.29, 1.82) is 0 Å². The lowest BCUT2D eigenvalue weighted by Crippen LogP contribution is -2.46. The zero-order valence-corrected chi connectivity index (χ0v) is 12.7. The lowest BCUT2D eigenvalue weighted by molar-refractivity contribution is -0.126. The Morgan fingerprint density at radius 3 is 2.44 bits per heavy atom. The minimum Gasteiger partial charge on any atom is -0.353 e. The molecule has 106 valence electrons. The standard InChI is InChI=1S/C15H30N2O/c1-11(2)6-7-13(15(3,4)5)17-14(18)12-8-9-16-10-12/h11-13,16H,6-10H2,1-5H3,(H,17,18). The van der Waals surface area contributed by atoms with E-state index in [4.69, 9.17) is 0 Å². The summed E-state index contributed by atoms with van der Waals surface area (Å²) >= 11 is 0. The molecule has 3 nitrogen and oxygen atoms in total. The number of rotatable bonds is 5. The highest BCUT2D eigenvalue weighted by molar-refractivity contribution is 5.79. The van der Waals surface area contributed by atoms with E-state index in [0.29, 0.717) is 5.92 Å². The first-order valence-electron chi connectivity index (χ1n) is 7.31. The van der Waals surface area contributed by atoms with E-state index in [0.717, 1.165) is 25.9 Å². The van der Waals surface area contributed by atoms with E-state index < -0.39 is 0 Å². The van der Waals surface area contributed by atoms with Gasteiger partial charge in [-0.1, -0.05) is 34.6 Å². The molecule has 0 bridgehead atoms. The Bertz CT molecular complexity index is 262. The fourth-order valence-corrected chi connectivity index (χ4v) is 2.39. The maximum Gasteiger partial charge on any atom is 0.224 e. The summed E-state index contributed by atoms with van der Waals surface area (Å²) in [7, 11) is 0. The van der Waals surface area contributed by atoms with Crippen molar-refractivity contribution in [3.8, 4) is 0 Å². The first kappa shape index (κ1) is 15.5. The van der Waals surface area contributed by atoms with Crippen molar-refractivity contribution in [2.24, 2.45) is 17.3 Å². The number of nitrogens with one attached hydrogen (secondary N) is 2. The quantitative estimate of drug-likeness (QED) is 0.791. The van der Waals surface area contributed by atoms with E-state index in [9.17, 15) is 4.79 Å². The summed E-state index contributed by atoms with van der Waals surface area (Å²) in [6.07, 6.45) is 3.23. The summed E-state index contributed by atoms with van der Waals surface area (Å²) in [5, 5.41) is 6.53. The maximum atomic E-state index is 12.2. The van der Waals surface area contributed by atoms with Crippen molar-refractivity contribution in [3.63, 3.8) is 0 Å². The lowest BCUT2D eigenvalue weighted by atomic mass is 9.82. The highest BCUT2D eigenvalue weighted by Gasteiger charge is 2.29. The van der Waals surface area contributed by atoms with Crippen LogP contribution in [0, 0.1) is 17.3 Å². The van der Waals surface area contributed by atoms with Crippen molar-refractivity contribution >= 4 is 5.91 Å². The Morgan fingerprint density at radius 2 is 2.00 bits per heavy atom. The van der Waals surface area contributed by atoms with Crippen molar-refractivity contribution < 1.29 is 4.79 Å². The third-order valence-corrected chi connectivity index (χ3v) is 3.83. The molecule has 2 unspecified atom stereocenters. The largest absolute Gasteiger partial charge is 0.353 e. The summed E-state index contributed by atoms with van der Waals surface area (Å²) < 4.78 is 0. The predicted octanol–water partition coefficient (Wildman–Crippen LogP) is 2.56. The van der Waals surface area contributed by atoms with Gasteiger partial charge in [-0.3, -0.25) is 4.79 Å².